The first-order valence-corrected chi connectivity index (χ1v) is 8.40. The molecular weight excluding hydrogens is 304 g/mol. The molecule has 3 heterocycles. The van der Waals surface area contributed by atoms with Gasteiger partial charge in [-0.2, -0.15) is 5.10 Å². The Bertz CT molecular complexity index is 698. The Hall–Kier alpha value is -2.44. The fourth-order valence-corrected chi connectivity index (χ4v) is 3.25. The summed E-state index contributed by atoms with van der Waals surface area (Å²) in [6, 6.07) is 0. The number of amides is 1. The van der Waals surface area contributed by atoms with Gasteiger partial charge < -0.3 is 10.2 Å². The van der Waals surface area contributed by atoms with E-state index in [-0.39, 0.29) is 5.91 Å². The van der Waals surface area contributed by atoms with Crippen molar-refractivity contribution in [3.05, 3.63) is 36.0 Å². The third kappa shape index (κ3) is 3.90. The molecule has 1 atom stereocenters. The van der Waals surface area contributed by atoms with Gasteiger partial charge in [0.1, 0.15) is 12.4 Å². The molecule has 3 rings (SSSR count). The zero-order valence-corrected chi connectivity index (χ0v) is 14.3. The van der Waals surface area contributed by atoms with Crippen molar-refractivity contribution in [2.75, 3.05) is 25.5 Å². The monoisotopic (exact) mass is 328 g/mol. The fourth-order valence-electron chi connectivity index (χ4n) is 3.25. The van der Waals surface area contributed by atoms with E-state index in [0.717, 1.165) is 49.4 Å². The van der Waals surface area contributed by atoms with Crippen LogP contribution >= 0.6 is 0 Å². The minimum absolute atomic E-state index is 0.135. The predicted octanol–water partition coefficient (Wildman–Crippen LogP) is 1.50. The smallest absolute Gasteiger partial charge is 0.244 e. The number of aryl methyl sites for hydroxylation is 1. The van der Waals surface area contributed by atoms with Crippen LogP contribution < -0.4 is 5.32 Å². The van der Waals surface area contributed by atoms with E-state index < -0.39 is 0 Å². The molecule has 1 saturated heterocycles. The first-order chi connectivity index (χ1) is 11.7. The van der Waals surface area contributed by atoms with Crippen LogP contribution in [0.2, 0.25) is 0 Å². The van der Waals surface area contributed by atoms with Gasteiger partial charge in [0.25, 0.3) is 0 Å². The Morgan fingerprint density at radius 2 is 2.21 bits per heavy atom. The number of carbonyl (C=O) groups is 1. The van der Waals surface area contributed by atoms with Gasteiger partial charge in [-0.1, -0.05) is 0 Å². The highest BCUT2D eigenvalue weighted by molar-refractivity contribution is 5.76. The molecule has 7 heteroatoms. The molecule has 128 valence electrons. The Balaban J connectivity index is 1.60. The molecule has 0 saturated carbocycles. The number of aromatic nitrogens is 4. The molecule has 0 unspecified atom stereocenters. The van der Waals surface area contributed by atoms with Gasteiger partial charge in [0, 0.05) is 38.7 Å². The topological polar surface area (TPSA) is 75.9 Å². The van der Waals surface area contributed by atoms with E-state index >= 15 is 0 Å². The van der Waals surface area contributed by atoms with Gasteiger partial charge in [-0.05, 0) is 37.7 Å². The van der Waals surface area contributed by atoms with Crippen molar-refractivity contribution >= 4 is 11.7 Å². The Labute approximate surface area is 142 Å². The maximum absolute atomic E-state index is 12.5. The summed E-state index contributed by atoms with van der Waals surface area (Å²) < 4.78 is 1.71. The van der Waals surface area contributed by atoms with Crippen molar-refractivity contribution in [2.24, 2.45) is 5.92 Å². The van der Waals surface area contributed by atoms with Crippen LogP contribution in [0.4, 0.5) is 5.82 Å². The minimum atomic E-state index is 0.135. The predicted molar refractivity (Wildman–Crippen MR) is 91.6 cm³/mol. The van der Waals surface area contributed by atoms with E-state index in [2.05, 4.69) is 20.4 Å². The molecule has 1 amide bonds. The van der Waals surface area contributed by atoms with E-state index in [1.165, 1.54) is 0 Å². The summed E-state index contributed by atoms with van der Waals surface area (Å²) in [5.74, 6) is 1.38. The van der Waals surface area contributed by atoms with Crippen LogP contribution in [0.15, 0.2) is 24.8 Å². The van der Waals surface area contributed by atoms with E-state index in [9.17, 15) is 4.79 Å². The van der Waals surface area contributed by atoms with Crippen molar-refractivity contribution in [2.45, 2.75) is 32.7 Å². The van der Waals surface area contributed by atoms with Gasteiger partial charge in [-0.15, -0.1) is 0 Å². The van der Waals surface area contributed by atoms with Crippen LogP contribution in [0.3, 0.4) is 0 Å². The molecule has 2 aromatic heterocycles. The summed E-state index contributed by atoms with van der Waals surface area (Å²) in [6.45, 7) is 3.90. The molecule has 0 spiro atoms. The molecule has 0 bridgehead atoms. The van der Waals surface area contributed by atoms with Gasteiger partial charge in [0.05, 0.1) is 11.9 Å². The number of nitrogens with one attached hydrogen (secondary N) is 1. The maximum atomic E-state index is 12.5. The van der Waals surface area contributed by atoms with Crippen molar-refractivity contribution in [3.63, 3.8) is 0 Å². The first-order valence-electron chi connectivity index (χ1n) is 8.40. The van der Waals surface area contributed by atoms with Gasteiger partial charge in [-0.25, -0.2) is 4.98 Å². The van der Waals surface area contributed by atoms with Crippen LogP contribution in [0.25, 0.3) is 0 Å². The molecule has 1 N–H and O–H groups in total. The fraction of sp³-hybridized carbons (Fsp3) is 0.529. The summed E-state index contributed by atoms with van der Waals surface area (Å²) in [4.78, 5) is 23.2. The van der Waals surface area contributed by atoms with Crippen molar-refractivity contribution in [3.8, 4) is 0 Å². The first kappa shape index (κ1) is 16.4. The number of nitrogens with zero attached hydrogens (tertiary/aromatic N) is 5. The highest BCUT2D eigenvalue weighted by Gasteiger charge is 2.25. The summed E-state index contributed by atoms with van der Waals surface area (Å²) in [6.07, 6.45) is 10.1. The van der Waals surface area contributed by atoms with Crippen LogP contribution in [0, 0.1) is 12.8 Å². The van der Waals surface area contributed by atoms with E-state index in [1.807, 2.05) is 25.1 Å². The summed E-state index contributed by atoms with van der Waals surface area (Å²) in [5, 5.41) is 7.29. The van der Waals surface area contributed by atoms with E-state index in [1.54, 1.807) is 23.3 Å². The third-order valence-electron chi connectivity index (χ3n) is 4.42. The van der Waals surface area contributed by atoms with E-state index in [4.69, 9.17) is 0 Å². The van der Waals surface area contributed by atoms with Crippen molar-refractivity contribution in [1.82, 2.24) is 24.6 Å². The minimum Gasteiger partial charge on any atom is -0.372 e. The van der Waals surface area contributed by atoms with Crippen molar-refractivity contribution in [1.29, 1.82) is 0 Å². The molecule has 1 fully saturated rings. The summed E-state index contributed by atoms with van der Waals surface area (Å²) in [5.41, 5.74) is 2.04. The Morgan fingerprint density at radius 1 is 1.38 bits per heavy atom. The van der Waals surface area contributed by atoms with Crippen LogP contribution in [0.5, 0.6) is 0 Å². The second-order valence-electron chi connectivity index (χ2n) is 6.37. The second kappa shape index (κ2) is 7.42. The highest BCUT2D eigenvalue weighted by Crippen LogP contribution is 2.22. The molecule has 1 aliphatic heterocycles. The number of hydrogen-bond donors (Lipinski definition) is 1. The molecule has 0 radical (unpaired) electrons. The molecular formula is C17H24N6O. The lowest BCUT2D eigenvalue weighted by Crippen LogP contribution is -2.42. The average Bonchev–Trinajstić information content (AvgIpc) is 3.00. The number of rotatable bonds is 5. The SMILES string of the molecule is CNc1nccnc1C[C@@H]1CCCN(C(=O)Cn2cc(C)cn2)C1. The van der Waals surface area contributed by atoms with Gasteiger partial charge in [-0.3, -0.25) is 14.5 Å². The zero-order chi connectivity index (χ0) is 16.9. The average molecular weight is 328 g/mol. The lowest BCUT2D eigenvalue weighted by molar-refractivity contribution is -0.133. The number of carbonyl (C=O) groups excluding carboxylic acids is 1. The molecule has 0 aliphatic carbocycles. The zero-order valence-electron chi connectivity index (χ0n) is 14.3. The largest absolute Gasteiger partial charge is 0.372 e. The Kier molecular flexibility index (Phi) is 5.08. The molecule has 1 aliphatic rings. The lowest BCUT2D eigenvalue weighted by atomic mass is 9.93. The normalized spacial score (nSPS) is 17.8. The molecule has 2 aromatic rings. The standard InChI is InChI=1S/C17H24N6O/c1-13-9-21-23(10-13)12-16(24)22-7-3-4-14(11-22)8-15-17(18-2)20-6-5-19-15/h5-6,9-10,14H,3-4,7-8,11-12H2,1-2H3,(H,18,20)/t14-/m0/s1. The van der Waals surface area contributed by atoms with Gasteiger partial charge >= 0.3 is 0 Å². The number of hydrogen-bond acceptors (Lipinski definition) is 5. The highest BCUT2D eigenvalue weighted by atomic mass is 16.2. The summed E-state index contributed by atoms with van der Waals surface area (Å²) >= 11 is 0. The van der Waals surface area contributed by atoms with Crippen LogP contribution in [0.1, 0.15) is 24.1 Å². The van der Waals surface area contributed by atoms with Crippen LogP contribution in [-0.4, -0.2) is 50.7 Å². The van der Waals surface area contributed by atoms with E-state index in [0.29, 0.717) is 12.5 Å². The Morgan fingerprint density at radius 3 is 2.96 bits per heavy atom. The maximum Gasteiger partial charge on any atom is 0.244 e. The lowest BCUT2D eigenvalue weighted by Gasteiger charge is -2.33. The number of anilines is 1. The third-order valence-corrected chi connectivity index (χ3v) is 4.42. The van der Waals surface area contributed by atoms with Crippen molar-refractivity contribution < 1.29 is 4.79 Å². The molecule has 24 heavy (non-hydrogen) atoms. The van der Waals surface area contributed by atoms with Gasteiger partial charge in [0.2, 0.25) is 5.91 Å². The van der Waals surface area contributed by atoms with Gasteiger partial charge in [0.15, 0.2) is 0 Å². The second-order valence-corrected chi connectivity index (χ2v) is 6.37. The molecule has 7 nitrogen and oxygen atoms in total. The molecule has 0 aromatic carbocycles. The number of likely N-dealkylation sites (tertiary alicyclic amines) is 1. The van der Waals surface area contributed by atoms with Crippen LogP contribution in [-0.2, 0) is 17.8 Å². The number of piperidine rings is 1. The summed E-state index contributed by atoms with van der Waals surface area (Å²) in [7, 11) is 1.86. The quantitative estimate of drug-likeness (QED) is 0.900.